The lowest BCUT2D eigenvalue weighted by molar-refractivity contribution is -0.858. The Morgan fingerprint density at radius 1 is 1.23 bits per heavy atom. The largest absolute Gasteiger partial charge is 0.868 e. The fraction of sp³-hybridized carbons (Fsp3) is 0.391. The maximum Gasteiger partial charge on any atom is 0.239 e. The van der Waals surface area contributed by atoms with Crippen LogP contribution in [0, 0.1) is 0 Å². The minimum atomic E-state index is -0.763. The van der Waals surface area contributed by atoms with Crippen molar-refractivity contribution in [2.24, 2.45) is 0 Å². The van der Waals surface area contributed by atoms with E-state index in [4.69, 9.17) is 9.15 Å². The van der Waals surface area contributed by atoms with E-state index in [1.807, 2.05) is 27.9 Å². The predicted octanol–water partition coefficient (Wildman–Crippen LogP) is 0.982. The van der Waals surface area contributed by atoms with Crippen LogP contribution in [0.25, 0.3) is 0 Å². The van der Waals surface area contributed by atoms with Gasteiger partial charge in [-0.15, -0.1) is 0 Å². The van der Waals surface area contributed by atoms with Gasteiger partial charge in [0.15, 0.2) is 5.76 Å². The minimum absolute atomic E-state index is 0.0261. The van der Waals surface area contributed by atoms with E-state index >= 15 is 0 Å². The number of hydrogen-bond donors (Lipinski definition) is 1. The van der Waals surface area contributed by atoms with Crippen molar-refractivity contribution in [3.8, 4) is 5.75 Å². The average molecular weight is 412 g/mol. The normalized spacial score (nSPS) is 16.8. The van der Waals surface area contributed by atoms with Gasteiger partial charge in [-0.1, -0.05) is 12.1 Å². The lowest BCUT2D eigenvalue weighted by Crippen LogP contribution is -3.05. The van der Waals surface area contributed by atoms with Gasteiger partial charge in [-0.2, -0.15) is 0 Å². The summed E-state index contributed by atoms with van der Waals surface area (Å²) in [5.41, 5.74) is 0.627. The Hall–Kier alpha value is -3.06. The van der Waals surface area contributed by atoms with Crippen molar-refractivity contribution in [3.63, 3.8) is 0 Å². The molecular formula is C23H28N2O5. The van der Waals surface area contributed by atoms with Crippen molar-refractivity contribution in [3.05, 3.63) is 65.3 Å². The quantitative estimate of drug-likeness (QED) is 0.621. The van der Waals surface area contributed by atoms with Gasteiger partial charge in [0.05, 0.1) is 39.0 Å². The van der Waals surface area contributed by atoms with Gasteiger partial charge in [-0.3, -0.25) is 9.59 Å². The van der Waals surface area contributed by atoms with Crippen molar-refractivity contribution >= 4 is 11.7 Å². The molecule has 0 bridgehead atoms. The molecule has 1 aliphatic rings. The van der Waals surface area contributed by atoms with Gasteiger partial charge in [0, 0.05) is 18.5 Å². The number of carbonyl (C=O) groups is 2. The average Bonchev–Trinajstić information content (AvgIpc) is 3.30. The summed E-state index contributed by atoms with van der Waals surface area (Å²) in [7, 11) is 4.06. The number of nitrogens with zero attached hydrogens (tertiary/aromatic N) is 1. The zero-order valence-electron chi connectivity index (χ0n) is 17.8. The Kier molecular flexibility index (Phi) is 6.62. The summed E-state index contributed by atoms with van der Waals surface area (Å²) in [5.74, 6) is -1.22. The minimum Gasteiger partial charge on any atom is -0.868 e. The molecule has 1 aromatic carbocycles. The molecule has 2 aromatic rings. The maximum atomic E-state index is 13.0. The summed E-state index contributed by atoms with van der Waals surface area (Å²) in [4.78, 5) is 28.6. The number of amides is 1. The maximum absolute atomic E-state index is 13.0. The van der Waals surface area contributed by atoms with E-state index < -0.39 is 23.5 Å². The number of ether oxygens (including phenoxy) is 1. The molecule has 1 atom stereocenters. The van der Waals surface area contributed by atoms with Gasteiger partial charge >= 0.3 is 0 Å². The number of quaternary nitrogens is 1. The molecule has 0 spiro atoms. The molecule has 1 N–H and O–H groups in total. The third kappa shape index (κ3) is 4.57. The molecule has 0 aliphatic carbocycles. The van der Waals surface area contributed by atoms with E-state index in [1.54, 1.807) is 30.3 Å². The van der Waals surface area contributed by atoms with Crippen molar-refractivity contribution in [1.82, 2.24) is 4.90 Å². The van der Waals surface area contributed by atoms with Crippen LogP contribution < -0.4 is 14.7 Å². The number of hydrogen-bond acceptors (Lipinski definition) is 5. The van der Waals surface area contributed by atoms with Crippen LogP contribution in [0.15, 0.2) is 58.4 Å². The van der Waals surface area contributed by atoms with Crippen LogP contribution in [0.1, 0.15) is 42.4 Å². The molecule has 1 amide bonds. The first kappa shape index (κ1) is 21.6. The molecule has 1 unspecified atom stereocenters. The molecule has 1 aliphatic heterocycles. The molecule has 7 heteroatoms. The highest BCUT2D eigenvalue weighted by molar-refractivity contribution is 6.14. The highest BCUT2D eigenvalue weighted by Gasteiger charge is 2.40. The Morgan fingerprint density at radius 2 is 1.93 bits per heavy atom. The van der Waals surface area contributed by atoms with Crippen LogP contribution in [0.3, 0.4) is 0 Å². The molecule has 0 saturated heterocycles. The summed E-state index contributed by atoms with van der Waals surface area (Å²) in [6, 6.07) is 9.52. The van der Waals surface area contributed by atoms with Crippen LogP contribution in [-0.2, 0) is 4.79 Å². The smallest absolute Gasteiger partial charge is 0.239 e. The second kappa shape index (κ2) is 9.17. The summed E-state index contributed by atoms with van der Waals surface area (Å²) < 4.78 is 10.9. The molecule has 0 saturated carbocycles. The van der Waals surface area contributed by atoms with Crippen molar-refractivity contribution in [1.29, 1.82) is 0 Å². The Morgan fingerprint density at radius 3 is 2.50 bits per heavy atom. The lowest BCUT2D eigenvalue weighted by atomic mass is 9.95. The van der Waals surface area contributed by atoms with E-state index in [2.05, 4.69) is 0 Å². The van der Waals surface area contributed by atoms with Gasteiger partial charge in [-0.05, 0) is 49.4 Å². The Labute approximate surface area is 176 Å². The van der Waals surface area contributed by atoms with Crippen LogP contribution in [-0.4, -0.2) is 49.9 Å². The number of ketones is 1. The van der Waals surface area contributed by atoms with Gasteiger partial charge in [0.25, 0.3) is 0 Å². The fourth-order valence-electron chi connectivity index (χ4n) is 3.59. The Balaban J connectivity index is 1.96. The Bertz CT molecular complexity index is 914. The van der Waals surface area contributed by atoms with E-state index in [9.17, 15) is 14.7 Å². The molecule has 160 valence electrons. The lowest BCUT2D eigenvalue weighted by Gasteiger charge is -2.28. The van der Waals surface area contributed by atoms with E-state index in [-0.39, 0.29) is 17.4 Å². The van der Waals surface area contributed by atoms with Crippen molar-refractivity contribution in [2.75, 3.05) is 27.2 Å². The summed E-state index contributed by atoms with van der Waals surface area (Å²) >= 11 is 0. The molecule has 30 heavy (non-hydrogen) atoms. The number of carbonyl (C=O) groups excluding carboxylic acids is 2. The van der Waals surface area contributed by atoms with Gasteiger partial charge in [-0.25, -0.2) is 0 Å². The SMILES string of the molecule is CC(C)Oc1ccc(C2C(C(=O)c3ccco3)=C([O-])C(=O)N2CCC[NH+](C)C)cc1. The van der Waals surface area contributed by atoms with E-state index in [1.165, 1.54) is 22.1 Å². The van der Waals surface area contributed by atoms with Crippen molar-refractivity contribution < 1.29 is 28.7 Å². The molecule has 0 fully saturated rings. The first-order valence-corrected chi connectivity index (χ1v) is 10.2. The summed E-state index contributed by atoms with van der Waals surface area (Å²) in [6.45, 7) is 5.10. The standard InChI is InChI=1S/C23H28N2O5/c1-15(2)30-17-10-8-16(9-11-17)20-19(21(26)18-7-5-14-29-18)22(27)23(28)25(20)13-6-12-24(3)4/h5,7-11,14-15,20,27H,6,12-13H2,1-4H3. The van der Waals surface area contributed by atoms with E-state index in [0.717, 1.165) is 6.54 Å². The molecule has 3 rings (SSSR count). The zero-order chi connectivity index (χ0) is 21.8. The second-order valence-corrected chi connectivity index (χ2v) is 8.00. The van der Waals surface area contributed by atoms with Crippen molar-refractivity contribution in [2.45, 2.75) is 32.4 Å². The molecule has 0 radical (unpaired) electrons. The highest BCUT2D eigenvalue weighted by atomic mass is 16.5. The third-order valence-corrected chi connectivity index (χ3v) is 4.92. The first-order chi connectivity index (χ1) is 14.3. The predicted molar refractivity (Wildman–Crippen MR) is 109 cm³/mol. The molecule has 2 heterocycles. The van der Waals surface area contributed by atoms with Crippen LogP contribution in [0.4, 0.5) is 0 Å². The van der Waals surface area contributed by atoms with Crippen LogP contribution in [0.2, 0.25) is 0 Å². The molecular weight excluding hydrogens is 384 g/mol. The number of nitrogens with one attached hydrogen (secondary N) is 1. The van der Waals surface area contributed by atoms with Crippen LogP contribution >= 0.6 is 0 Å². The van der Waals surface area contributed by atoms with E-state index in [0.29, 0.717) is 24.3 Å². The number of benzene rings is 1. The summed E-state index contributed by atoms with van der Waals surface area (Å²) in [5, 5.41) is 12.8. The number of Topliss-reactive ketones (excluding diaryl/α,β-unsaturated/α-hetero) is 1. The number of furan rings is 1. The fourth-order valence-corrected chi connectivity index (χ4v) is 3.59. The molecule has 7 nitrogen and oxygen atoms in total. The molecule has 1 aromatic heterocycles. The van der Waals surface area contributed by atoms with Gasteiger partial charge in [0.2, 0.25) is 11.7 Å². The second-order valence-electron chi connectivity index (χ2n) is 8.00. The first-order valence-electron chi connectivity index (χ1n) is 10.2. The van der Waals surface area contributed by atoms with Gasteiger partial charge in [0.1, 0.15) is 5.75 Å². The van der Waals surface area contributed by atoms with Gasteiger partial charge < -0.3 is 24.1 Å². The van der Waals surface area contributed by atoms with Crippen LogP contribution in [0.5, 0.6) is 5.75 Å². The zero-order valence-corrected chi connectivity index (χ0v) is 17.8. The summed E-state index contributed by atoms with van der Waals surface area (Å²) in [6.07, 6.45) is 2.12. The topological polar surface area (TPSA) is 87.2 Å². The highest BCUT2D eigenvalue weighted by Crippen LogP contribution is 2.38. The monoisotopic (exact) mass is 412 g/mol. The third-order valence-electron chi connectivity index (χ3n) is 4.92. The number of rotatable bonds is 9.